The minimum atomic E-state index is -5.06. The van der Waals surface area contributed by atoms with Crippen LogP contribution in [0, 0.1) is 5.82 Å². The first-order valence-electron chi connectivity index (χ1n) is 9.43. The fraction of sp³-hybridized carbons (Fsp3) is 0.273. The summed E-state index contributed by atoms with van der Waals surface area (Å²) in [5, 5.41) is 17.5. The molecule has 1 atom stereocenters. The smallest absolute Gasteiger partial charge is 0.372 e. The van der Waals surface area contributed by atoms with Crippen molar-refractivity contribution in [3.05, 3.63) is 65.7 Å². The molecule has 1 aliphatic rings. The standard InChI is InChI=1S/C22H19F4N3O2/c1-20(2,19(30)27-3)29-11-12(10-28-29)15-8-13(23)9-17-18(15)14-6-4-5-7-16(14)21(17,31)22(24,25)26/h4-11,31H,1-3H3,(H,27,30)/t21-/m0/s1. The van der Waals surface area contributed by atoms with Crippen molar-refractivity contribution in [2.75, 3.05) is 7.05 Å². The zero-order valence-electron chi connectivity index (χ0n) is 16.9. The maximum atomic E-state index is 14.5. The number of nitrogens with one attached hydrogen (secondary N) is 1. The van der Waals surface area contributed by atoms with Gasteiger partial charge in [0.25, 0.3) is 0 Å². The first-order chi connectivity index (χ1) is 14.4. The molecule has 1 aromatic heterocycles. The van der Waals surface area contributed by atoms with Gasteiger partial charge in [-0.25, -0.2) is 4.39 Å². The third kappa shape index (κ3) is 2.87. The highest BCUT2D eigenvalue weighted by Gasteiger charge is 2.61. The predicted octanol–water partition coefficient (Wildman–Crippen LogP) is 3.95. The van der Waals surface area contributed by atoms with E-state index in [0.717, 1.165) is 6.07 Å². The summed E-state index contributed by atoms with van der Waals surface area (Å²) >= 11 is 0. The lowest BCUT2D eigenvalue weighted by Gasteiger charge is -2.28. The van der Waals surface area contributed by atoms with E-state index in [1.807, 2.05) is 0 Å². The van der Waals surface area contributed by atoms with Crippen molar-refractivity contribution < 1.29 is 27.5 Å². The lowest BCUT2D eigenvalue weighted by Crippen LogP contribution is -2.43. The topological polar surface area (TPSA) is 67.2 Å². The maximum absolute atomic E-state index is 14.5. The number of hydrogen-bond acceptors (Lipinski definition) is 3. The van der Waals surface area contributed by atoms with E-state index in [9.17, 15) is 27.5 Å². The number of aromatic nitrogens is 2. The summed E-state index contributed by atoms with van der Waals surface area (Å²) in [5.41, 5.74) is -4.67. The van der Waals surface area contributed by atoms with Gasteiger partial charge >= 0.3 is 6.18 Å². The van der Waals surface area contributed by atoms with Crippen LogP contribution in [0.5, 0.6) is 0 Å². The summed E-state index contributed by atoms with van der Waals surface area (Å²) in [6.07, 6.45) is -2.24. The Morgan fingerprint density at radius 2 is 1.81 bits per heavy atom. The molecule has 5 nitrogen and oxygen atoms in total. The molecule has 2 aromatic carbocycles. The maximum Gasteiger partial charge on any atom is 0.425 e. The Labute approximate surface area is 175 Å². The lowest BCUT2D eigenvalue weighted by molar-refractivity contribution is -0.246. The van der Waals surface area contributed by atoms with Crippen LogP contribution in [0.3, 0.4) is 0 Å². The Morgan fingerprint density at radius 3 is 2.45 bits per heavy atom. The van der Waals surface area contributed by atoms with Gasteiger partial charge in [0, 0.05) is 29.9 Å². The van der Waals surface area contributed by atoms with Crippen molar-refractivity contribution in [3.63, 3.8) is 0 Å². The van der Waals surface area contributed by atoms with Gasteiger partial charge in [-0.2, -0.15) is 18.3 Å². The predicted molar refractivity (Wildman–Crippen MR) is 105 cm³/mol. The summed E-state index contributed by atoms with van der Waals surface area (Å²) in [6.45, 7) is 3.24. The highest BCUT2D eigenvalue weighted by atomic mass is 19.4. The lowest BCUT2D eigenvalue weighted by atomic mass is 9.89. The fourth-order valence-corrected chi connectivity index (χ4v) is 4.05. The van der Waals surface area contributed by atoms with Gasteiger partial charge in [-0.05, 0) is 42.7 Å². The second-order valence-electron chi connectivity index (χ2n) is 7.94. The summed E-state index contributed by atoms with van der Waals surface area (Å²) < 4.78 is 57.9. The second kappa shape index (κ2) is 6.65. The zero-order valence-corrected chi connectivity index (χ0v) is 16.9. The number of carbonyl (C=O) groups is 1. The first kappa shape index (κ1) is 21.0. The average molecular weight is 433 g/mol. The van der Waals surface area contributed by atoms with Gasteiger partial charge in [0.1, 0.15) is 11.4 Å². The van der Waals surface area contributed by atoms with Gasteiger partial charge in [-0.15, -0.1) is 0 Å². The van der Waals surface area contributed by atoms with Gasteiger partial charge in [0.05, 0.1) is 6.20 Å². The molecule has 1 heterocycles. The molecule has 0 fully saturated rings. The average Bonchev–Trinajstić information content (AvgIpc) is 3.30. The number of hydrogen-bond donors (Lipinski definition) is 2. The van der Waals surface area contributed by atoms with E-state index in [0.29, 0.717) is 11.6 Å². The molecular formula is C22H19F4N3O2. The highest BCUT2D eigenvalue weighted by molar-refractivity contribution is 5.92. The van der Waals surface area contributed by atoms with Crippen LogP contribution in [0.4, 0.5) is 17.6 Å². The number of rotatable bonds is 3. The molecular weight excluding hydrogens is 414 g/mol. The number of benzene rings is 2. The van der Waals surface area contributed by atoms with Crippen LogP contribution in [0.2, 0.25) is 0 Å². The molecule has 0 aliphatic heterocycles. The molecule has 162 valence electrons. The molecule has 3 aromatic rings. The first-order valence-corrected chi connectivity index (χ1v) is 9.43. The van der Waals surface area contributed by atoms with E-state index in [4.69, 9.17) is 0 Å². The molecule has 9 heteroatoms. The van der Waals surface area contributed by atoms with Crippen LogP contribution >= 0.6 is 0 Å². The van der Waals surface area contributed by atoms with Crippen molar-refractivity contribution in [2.24, 2.45) is 0 Å². The molecule has 31 heavy (non-hydrogen) atoms. The molecule has 0 spiro atoms. The molecule has 2 N–H and O–H groups in total. The van der Waals surface area contributed by atoms with Gasteiger partial charge in [-0.1, -0.05) is 24.3 Å². The van der Waals surface area contributed by atoms with Crippen LogP contribution in [0.25, 0.3) is 22.3 Å². The van der Waals surface area contributed by atoms with Gasteiger partial charge in [0.2, 0.25) is 11.5 Å². The summed E-state index contributed by atoms with van der Waals surface area (Å²) in [6, 6.07) is 7.40. The van der Waals surface area contributed by atoms with E-state index in [-0.39, 0.29) is 28.2 Å². The minimum absolute atomic E-state index is 0.0779. The van der Waals surface area contributed by atoms with Crippen LogP contribution in [0.15, 0.2) is 48.8 Å². The number of likely N-dealkylation sites (N-methyl/N-ethyl adjacent to an activating group) is 1. The molecule has 0 unspecified atom stereocenters. The van der Waals surface area contributed by atoms with Crippen molar-refractivity contribution in [1.29, 1.82) is 0 Å². The van der Waals surface area contributed by atoms with Crippen molar-refractivity contribution >= 4 is 5.91 Å². The van der Waals surface area contributed by atoms with E-state index in [1.165, 1.54) is 42.3 Å². The number of amides is 1. The minimum Gasteiger partial charge on any atom is -0.372 e. The van der Waals surface area contributed by atoms with Crippen LogP contribution < -0.4 is 5.32 Å². The molecule has 1 aliphatic carbocycles. The highest BCUT2D eigenvalue weighted by Crippen LogP contribution is 2.57. The molecule has 1 amide bonds. The number of nitrogens with zero attached hydrogens (tertiary/aromatic N) is 2. The number of fused-ring (bicyclic) bond motifs is 3. The number of halogens is 4. The third-order valence-corrected chi connectivity index (χ3v) is 5.74. The Hall–Kier alpha value is -3.20. The summed E-state index contributed by atoms with van der Waals surface area (Å²) in [5.74, 6) is -1.26. The van der Waals surface area contributed by atoms with Gasteiger partial charge in [-0.3, -0.25) is 9.48 Å². The van der Waals surface area contributed by atoms with E-state index < -0.39 is 28.7 Å². The largest absolute Gasteiger partial charge is 0.425 e. The second-order valence-corrected chi connectivity index (χ2v) is 7.94. The Kier molecular flexibility index (Phi) is 4.51. The molecule has 0 bridgehead atoms. The van der Waals surface area contributed by atoms with Crippen LogP contribution in [-0.4, -0.2) is 34.0 Å². The monoisotopic (exact) mass is 433 g/mol. The van der Waals surface area contributed by atoms with E-state index >= 15 is 0 Å². The Balaban J connectivity index is 1.98. The van der Waals surface area contributed by atoms with Crippen LogP contribution in [-0.2, 0) is 15.9 Å². The Morgan fingerprint density at radius 1 is 1.13 bits per heavy atom. The quantitative estimate of drug-likeness (QED) is 0.615. The van der Waals surface area contributed by atoms with E-state index in [1.54, 1.807) is 19.9 Å². The van der Waals surface area contributed by atoms with Gasteiger partial charge < -0.3 is 10.4 Å². The van der Waals surface area contributed by atoms with Crippen LogP contribution in [0.1, 0.15) is 25.0 Å². The SMILES string of the molecule is CNC(=O)C(C)(C)n1cc(-c2cc(F)cc3c2-c2ccccc2[C@@]3(O)C(F)(F)F)cn1. The van der Waals surface area contributed by atoms with E-state index in [2.05, 4.69) is 10.4 Å². The number of alkyl halides is 3. The third-order valence-electron chi connectivity index (χ3n) is 5.74. The summed E-state index contributed by atoms with van der Waals surface area (Å²) in [7, 11) is 1.48. The fourth-order valence-electron chi connectivity index (χ4n) is 4.05. The molecule has 4 rings (SSSR count). The zero-order chi connectivity index (χ0) is 22.8. The Bertz CT molecular complexity index is 1200. The normalized spacial score (nSPS) is 17.9. The molecule has 0 saturated carbocycles. The van der Waals surface area contributed by atoms with Crippen molar-refractivity contribution in [2.45, 2.75) is 31.2 Å². The molecule has 0 saturated heterocycles. The number of aliphatic hydroxyl groups is 1. The number of carbonyl (C=O) groups excluding carboxylic acids is 1. The summed E-state index contributed by atoms with van der Waals surface area (Å²) in [4.78, 5) is 12.2. The van der Waals surface area contributed by atoms with Crippen molar-refractivity contribution in [1.82, 2.24) is 15.1 Å². The molecule has 0 radical (unpaired) electrons. The van der Waals surface area contributed by atoms with Crippen molar-refractivity contribution in [3.8, 4) is 22.3 Å². The van der Waals surface area contributed by atoms with Gasteiger partial charge in [0.15, 0.2) is 0 Å².